The molecule has 4 heterocycles. The van der Waals surface area contributed by atoms with Crippen molar-refractivity contribution in [3.63, 3.8) is 0 Å². The average Bonchev–Trinajstić information content (AvgIpc) is 3.22. The van der Waals surface area contributed by atoms with Crippen LogP contribution in [0.5, 0.6) is 0 Å². The van der Waals surface area contributed by atoms with E-state index < -0.39 is 123 Å². The van der Waals surface area contributed by atoms with Crippen LogP contribution in [-0.4, -0.2) is 176 Å². The Labute approximate surface area is 369 Å². The quantitative estimate of drug-likeness (QED) is 0.209. The molecule has 0 aromatic rings. The molecule has 0 aromatic heterocycles. The summed E-state index contributed by atoms with van der Waals surface area (Å²) in [6, 6.07) is -1.29. The van der Waals surface area contributed by atoms with Crippen molar-refractivity contribution in [2.24, 2.45) is 35.5 Å². The Hall–Kier alpha value is -1.86. The van der Waals surface area contributed by atoms with Crippen LogP contribution in [-0.2, 0) is 42.7 Å². The van der Waals surface area contributed by atoms with Crippen LogP contribution in [0.25, 0.3) is 0 Å². The van der Waals surface area contributed by atoms with Gasteiger partial charge in [-0.1, -0.05) is 52.3 Å². The largest absolute Gasteiger partial charge is 0.462 e. The zero-order chi connectivity index (χ0) is 47.8. The van der Waals surface area contributed by atoms with Crippen molar-refractivity contribution < 1.29 is 67.3 Å². The molecule has 15 nitrogen and oxygen atoms in total. The number of carbonyl (C=O) groups excluding carboxylic acids is 2. The number of methoxy groups -OCH3 is 2. The number of esters is 1. The van der Waals surface area contributed by atoms with Gasteiger partial charge in [-0.05, 0) is 90.9 Å². The maximum Gasteiger partial charge on any atom is 0.308 e. The molecule has 0 bridgehead atoms. The van der Waals surface area contributed by atoms with E-state index in [0.29, 0.717) is 37.6 Å². The van der Waals surface area contributed by atoms with E-state index >= 15 is 0 Å². The van der Waals surface area contributed by atoms with Crippen LogP contribution in [0, 0.1) is 35.5 Å². The van der Waals surface area contributed by atoms with E-state index in [-0.39, 0.29) is 12.4 Å². The minimum Gasteiger partial charge on any atom is -0.462 e. The van der Waals surface area contributed by atoms with E-state index in [1.165, 1.54) is 27.3 Å². The number of rotatable bonds is 12. The van der Waals surface area contributed by atoms with Gasteiger partial charge in [0.25, 0.3) is 0 Å². The first-order valence-electron chi connectivity index (χ1n) is 23.9. The third kappa shape index (κ3) is 13.8. The average molecular weight is 872 g/mol. The molecule has 0 aromatic carbocycles. The number of piperidine rings is 1. The maximum atomic E-state index is 14.0. The number of likely N-dealkylation sites (tertiary alicyclic amines) is 1. The SMILES string of the molecule is [2H]C([2H])([2H])N(C)[C@@H]1[C@@H](O)[C@H](O[C@H]2C(CCN3C[C@H](C)C[C@H](C)C3)C[C@@H](C)C(=O)/C=C/C(C)=C/[C@H](CO[C@@H]3O[C@H](C)[C@@H](O)[C@@H](OC)[C@H]3OC)[C@@H](CC)OC(=O)C[C@@H](O)[C@@H]2C)O[C@H](C)[C@H]1O. The van der Waals surface area contributed by atoms with Gasteiger partial charge in [0.1, 0.15) is 30.5 Å². The molecule has 61 heavy (non-hydrogen) atoms. The van der Waals surface area contributed by atoms with E-state index in [0.717, 1.165) is 30.0 Å². The zero-order valence-corrected chi connectivity index (χ0v) is 38.4. The second kappa shape index (κ2) is 23.9. The molecule has 15 heteroatoms. The molecule has 4 N–H and O–H groups in total. The molecular formula is C46H80N2O13. The maximum absolute atomic E-state index is 14.0. The van der Waals surface area contributed by atoms with Crippen LogP contribution in [0.2, 0.25) is 0 Å². The lowest BCUT2D eigenvalue weighted by molar-refractivity contribution is -0.304. The van der Waals surface area contributed by atoms with Gasteiger partial charge in [-0.25, -0.2) is 0 Å². The highest BCUT2D eigenvalue weighted by Crippen LogP contribution is 2.36. The summed E-state index contributed by atoms with van der Waals surface area (Å²) in [5.41, 5.74) is 0.721. The summed E-state index contributed by atoms with van der Waals surface area (Å²) in [5.74, 6) is -2.07. The smallest absolute Gasteiger partial charge is 0.308 e. The van der Waals surface area contributed by atoms with Crippen molar-refractivity contribution in [1.82, 2.24) is 9.80 Å². The molecule has 352 valence electrons. The third-order valence-electron chi connectivity index (χ3n) is 13.3. The van der Waals surface area contributed by atoms with Gasteiger partial charge in [-0.3, -0.25) is 9.59 Å². The van der Waals surface area contributed by atoms with E-state index in [9.17, 15) is 30.0 Å². The Morgan fingerprint density at radius 1 is 0.869 bits per heavy atom. The Bertz CT molecular complexity index is 1530. The fourth-order valence-corrected chi connectivity index (χ4v) is 9.86. The lowest BCUT2D eigenvalue weighted by atomic mass is 9.79. The van der Waals surface area contributed by atoms with Crippen molar-refractivity contribution in [2.75, 3.05) is 54.5 Å². The second-order valence-electron chi connectivity index (χ2n) is 18.6. The number of carbonyl (C=O) groups is 2. The molecule has 0 amide bonds. The fraction of sp³-hybridized carbons (Fsp3) is 0.870. The first-order chi connectivity index (χ1) is 30.0. The summed E-state index contributed by atoms with van der Waals surface area (Å²) >= 11 is 0. The van der Waals surface area contributed by atoms with Gasteiger partial charge in [-0.2, -0.15) is 0 Å². The fourth-order valence-electron chi connectivity index (χ4n) is 9.86. The Morgan fingerprint density at radius 3 is 2.13 bits per heavy atom. The molecule has 3 fully saturated rings. The Morgan fingerprint density at radius 2 is 1.51 bits per heavy atom. The summed E-state index contributed by atoms with van der Waals surface area (Å²) in [4.78, 5) is 31.3. The summed E-state index contributed by atoms with van der Waals surface area (Å²) in [7, 11) is 4.24. The van der Waals surface area contributed by atoms with E-state index in [2.05, 4.69) is 18.7 Å². The number of cyclic esters (lactones) is 1. The molecule has 1 unspecified atom stereocenters. The van der Waals surface area contributed by atoms with Crippen LogP contribution in [0.4, 0.5) is 0 Å². The predicted octanol–water partition coefficient (Wildman–Crippen LogP) is 3.34. The Kier molecular flexibility index (Phi) is 18.5. The second-order valence-corrected chi connectivity index (χ2v) is 18.6. The van der Waals surface area contributed by atoms with Gasteiger partial charge < -0.3 is 63.4 Å². The number of aliphatic hydroxyl groups is 4. The van der Waals surface area contributed by atoms with E-state index in [1.54, 1.807) is 26.8 Å². The number of allylic oxidation sites excluding steroid dienone is 3. The highest BCUT2D eigenvalue weighted by molar-refractivity contribution is 5.91. The van der Waals surface area contributed by atoms with Crippen LogP contribution >= 0.6 is 0 Å². The van der Waals surface area contributed by atoms with Crippen molar-refractivity contribution >= 4 is 11.8 Å². The summed E-state index contributed by atoms with van der Waals surface area (Å²) in [6.07, 6.45) is -5.22. The molecule has 4 rings (SSSR count). The summed E-state index contributed by atoms with van der Waals surface area (Å²) in [6.45, 7) is 14.9. The number of hydrogen-bond acceptors (Lipinski definition) is 15. The number of ketones is 1. The topological polar surface area (TPSA) is 186 Å². The molecule has 3 saturated heterocycles. The lowest BCUT2D eigenvalue weighted by Gasteiger charge is -2.47. The van der Waals surface area contributed by atoms with Gasteiger partial charge in [0.2, 0.25) is 0 Å². The van der Waals surface area contributed by atoms with E-state index in [1.807, 2.05) is 26.8 Å². The summed E-state index contributed by atoms with van der Waals surface area (Å²) in [5, 5.41) is 45.5. The number of aliphatic hydroxyl groups excluding tert-OH is 4. The number of hydrogen-bond donors (Lipinski definition) is 4. The number of likely N-dealkylation sites (N-methyl/N-ethyl adjacent to an activating group) is 1. The van der Waals surface area contributed by atoms with Gasteiger partial charge >= 0.3 is 5.97 Å². The molecule has 0 spiro atoms. The lowest BCUT2D eigenvalue weighted by Crippen LogP contribution is -2.63. The first-order valence-corrected chi connectivity index (χ1v) is 22.4. The van der Waals surface area contributed by atoms with E-state index in [4.69, 9.17) is 37.3 Å². The predicted molar refractivity (Wildman–Crippen MR) is 229 cm³/mol. The van der Waals surface area contributed by atoms with Gasteiger partial charge in [0.05, 0.1) is 49.6 Å². The minimum absolute atomic E-state index is 0.00497. The van der Waals surface area contributed by atoms with Crippen LogP contribution in [0.15, 0.2) is 23.8 Å². The zero-order valence-electron chi connectivity index (χ0n) is 41.4. The minimum atomic E-state index is -2.66. The number of nitrogens with zero attached hydrogens (tertiary/aromatic N) is 2. The number of ether oxygens (including phenoxy) is 7. The molecule has 0 radical (unpaired) electrons. The molecule has 4 aliphatic rings. The molecule has 0 aliphatic carbocycles. The normalized spacial score (nSPS) is 45.3. The monoisotopic (exact) mass is 872 g/mol. The highest BCUT2D eigenvalue weighted by Gasteiger charge is 2.48. The van der Waals surface area contributed by atoms with Crippen LogP contribution in [0.3, 0.4) is 0 Å². The van der Waals surface area contributed by atoms with Crippen molar-refractivity contribution in [3.8, 4) is 0 Å². The standard InChI is InChI=1S/C46H80N2O13/c1-13-36-33(24-57-46-44(56-12)43(55-11)40(53)31(8)59-46)19-25(2)14-15-34(49)28(5)20-32(16-17-48-22-26(3)18-27(4)23-48)42(29(6)35(50)21-37(51)60-36)61-45-41(54)38(47(9)10)39(52)30(7)58-45/h14-15,19,26-33,35-36,38-46,50,52-54H,13,16-18,20-24H2,1-12H3/b15-14+,25-19+/t26-,27+,28-,29+,30-,31-,32?,33-,35-,36-,38+,39-,40-,41-,42-,43-,44-,45+,46-/m1/s1/i9D3. The molecule has 4 aliphatic heterocycles. The van der Waals surface area contributed by atoms with Crippen molar-refractivity contribution in [1.29, 1.82) is 0 Å². The van der Waals surface area contributed by atoms with Crippen LogP contribution in [0.1, 0.15) is 91.6 Å². The Balaban J connectivity index is 1.71. The third-order valence-corrected chi connectivity index (χ3v) is 13.3. The van der Waals surface area contributed by atoms with Crippen LogP contribution < -0.4 is 0 Å². The van der Waals surface area contributed by atoms with Crippen molar-refractivity contribution in [2.45, 2.75) is 167 Å². The molecule has 0 saturated carbocycles. The highest BCUT2D eigenvalue weighted by atomic mass is 16.7. The van der Waals surface area contributed by atoms with Gasteiger partial charge in [0, 0.05) is 49.2 Å². The first kappa shape index (κ1) is 47.1. The van der Waals surface area contributed by atoms with Crippen molar-refractivity contribution in [3.05, 3.63) is 23.8 Å². The molecular weight excluding hydrogens is 789 g/mol. The van der Waals surface area contributed by atoms with Gasteiger partial charge in [-0.15, -0.1) is 0 Å². The van der Waals surface area contributed by atoms with Gasteiger partial charge in [0.15, 0.2) is 18.4 Å². The summed E-state index contributed by atoms with van der Waals surface area (Å²) < 4.78 is 66.5. The molecule has 19 atom stereocenters.